The van der Waals surface area contributed by atoms with Crippen LogP contribution < -0.4 is 41.5 Å². The number of nitrogens with zero attached hydrogens (tertiary/aromatic N) is 2. The number of aromatic nitrogens is 2. The van der Waals surface area contributed by atoms with Gasteiger partial charge in [-0.2, -0.15) is 0 Å². The maximum Gasteiger partial charge on any atom is 0.180 e. The number of benzene rings is 13. The van der Waals surface area contributed by atoms with Crippen LogP contribution >= 0.6 is 0 Å². The van der Waals surface area contributed by atoms with E-state index in [0.717, 1.165) is 44.3 Å². The van der Waals surface area contributed by atoms with Crippen LogP contribution in [0.1, 0.15) is 0 Å². The van der Waals surface area contributed by atoms with Crippen LogP contribution in [-0.2, 0) is 0 Å². The molecule has 83 heavy (non-hydrogen) atoms. The highest BCUT2D eigenvalue weighted by atomic mass is 28.3. The highest BCUT2D eigenvalue weighted by Gasteiger charge is 2.44. The summed E-state index contributed by atoms with van der Waals surface area (Å²) >= 11 is 0. The molecule has 3 heterocycles. The predicted octanol–water partition coefficient (Wildman–Crippen LogP) is 14.2. The van der Waals surface area contributed by atoms with Crippen LogP contribution in [0, 0.1) is 0 Å². The van der Waals surface area contributed by atoms with E-state index in [9.17, 15) is 0 Å². The summed E-state index contributed by atoms with van der Waals surface area (Å²) in [5, 5.41) is 17.9. The summed E-state index contributed by atoms with van der Waals surface area (Å²) in [5.41, 5.74) is 11.1. The molecule has 390 valence electrons. The van der Waals surface area contributed by atoms with Gasteiger partial charge in [-0.25, -0.2) is 0 Å². The second-order valence-electron chi connectivity index (χ2n) is 21.8. The van der Waals surface area contributed by atoms with Gasteiger partial charge in [-0.05, 0) is 113 Å². The zero-order valence-corrected chi connectivity index (χ0v) is 47.5. The molecule has 5 heteroatoms. The quantitative estimate of drug-likeness (QED) is 0.0935. The highest BCUT2D eigenvalue weighted by Crippen LogP contribution is 2.41. The fourth-order valence-corrected chi connectivity index (χ4v) is 24.0. The van der Waals surface area contributed by atoms with Crippen LogP contribution in [0.5, 0.6) is 0 Å². The Hall–Kier alpha value is -10.3. The Balaban J connectivity index is 0.962. The second-order valence-corrected chi connectivity index (χ2v) is 29.4. The monoisotopic (exact) mass is 1090 g/mol. The van der Waals surface area contributed by atoms with E-state index in [1.54, 1.807) is 0 Å². The van der Waals surface area contributed by atoms with Gasteiger partial charge in [-0.3, -0.25) is 0 Å². The largest absolute Gasteiger partial charge is 0.456 e. The molecule has 0 bridgehead atoms. The first kappa shape index (κ1) is 48.6. The Morgan fingerprint density at radius 2 is 0.687 bits per heavy atom. The second kappa shape index (κ2) is 19.7. The van der Waals surface area contributed by atoms with Gasteiger partial charge in [0.2, 0.25) is 0 Å². The fourth-order valence-electron chi connectivity index (χ4n) is 14.2. The molecule has 16 aromatic rings. The van der Waals surface area contributed by atoms with Gasteiger partial charge in [0, 0.05) is 43.7 Å². The van der Waals surface area contributed by atoms with Crippen molar-refractivity contribution < 1.29 is 4.42 Å². The van der Waals surface area contributed by atoms with Crippen molar-refractivity contribution in [3.8, 4) is 22.5 Å². The molecule has 0 atom stereocenters. The van der Waals surface area contributed by atoms with Crippen molar-refractivity contribution in [2.24, 2.45) is 0 Å². The van der Waals surface area contributed by atoms with Crippen LogP contribution in [0.2, 0.25) is 0 Å². The third kappa shape index (κ3) is 7.49. The zero-order valence-electron chi connectivity index (χ0n) is 45.5. The van der Waals surface area contributed by atoms with Gasteiger partial charge in [0.05, 0.1) is 22.1 Å². The van der Waals surface area contributed by atoms with Crippen LogP contribution in [0.4, 0.5) is 0 Å². The third-order valence-electron chi connectivity index (χ3n) is 17.6. The predicted molar refractivity (Wildman–Crippen MR) is 355 cm³/mol. The minimum atomic E-state index is -3.06. The molecule has 0 amide bonds. The molecule has 0 unspecified atom stereocenters. The minimum Gasteiger partial charge on any atom is -0.456 e. The lowest BCUT2D eigenvalue weighted by Crippen LogP contribution is -2.74. The average Bonchev–Trinajstić information content (AvgIpc) is 2.57. The highest BCUT2D eigenvalue weighted by molar-refractivity contribution is 7.21. The maximum atomic E-state index is 6.48. The zero-order chi connectivity index (χ0) is 54.9. The summed E-state index contributed by atoms with van der Waals surface area (Å²) in [6, 6.07) is 122. The Kier molecular flexibility index (Phi) is 11.6. The molecule has 0 fully saturated rings. The summed E-state index contributed by atoms with van der Waals surface area (Å²) < 4.78 is 11.5. The number of furan rings is 1. The van der Waals surface area contributed by atoms with Crippen molar-refractivity contribution in [1.82, 2.24) is 9.13 Å². The van der Waals surface area contributed by atoms with Crippen molar-refractivity contribution in [2.75, 3.05) is 0 Å². The first-order valence-corrected chi connectivity index (χ1v) is 32.7. The molecular formula is C78H54N2OSi2. The number of hydrogen-bond donors (Lipinski definition) is 0. The van der Waals surface area contributed by atoms with Gasteiger partial charge in [-0.15, -0.1) is 0 Å². The minimum absolute atomic E-state index is 0.898. The Labute approximate surface area is 483 Å². The van der Waals surface area contributed by atoms with Crippen molar-refractivity contribution >= 4 is 123 Å². The molecule has 0 aliphatic rings. The van der Waals surface area contributed by atoms with Gasteiger partial charge >= 0.3 is 0 Å². The van der Waals surface area contributed by atoms with Crippen LogP contribution in [0.15, 0.2) is 332 Å². The fraction of sp³-hybridized carbons (Fsp3) is 0. The van der Waals surface area contributed by atoms with Crippen LogP contribution in [0.25, 0.3) is 88.1 Å². The van der Waals surface area contributed by atoms with Gasteiger partial charge in [-0.1, -0.05) is 267 Å². The van der Waals surface area contributed by atoms with Crippen molar-refractivity contribution in [3.63, 3.8) is 0 Å². The Bertz CT molecular complexity index is 4940. The van der Waals surface area contributed by atoms with Gasteiger partial charge in [0.25, 0.3) is 0 Å². The Morgan fingerprint density at radius 1 is 0.241 bits per heavy atom. The third-order valence-corrected chi connectivity index (χ3v) is 27.2. The van der Waals surface area contributed by atoms with Crippen molar-refractivity contribution in [2.45, 2.75) is 0 Å². The summed E-state index contributed by atoms with van der Waals surface area (Å²) in [4.78, 5) is 0. The van der Waals surface area contributed by atoms with Gasteiger partial charge < -0.3 is 13.6 Å². The number of para-hydroxylation sites is 2. The molecule has 0 aliphatic carbocycles. The molecule has 0 spiro atoms. The van der Waals surface area contributed by atoms with E-state index < -0.39 is 16.1 Å². The molecule has 0 aliphatic heterocycles. The first-order chi connectivity index (χ1) is 41.2. The van der Waals surface area contributed by atoms with E-state index in [2.05, 4.69) is 337 Å². The number of fused-ring (bicyclic) bond motifs is 9. The topological polar surface area (TPSA) is 23.0 Å². The van der Waals surface area contributed by atoms with Crippen LogP contribution in [0.3, 0.4) is 0 Å². The van der Waals surface area contributed by atoms with Crippen LogP contribution in [-0.4, -0.2) is 25.3 Å². The van der Waals surface area contributed by atoms with Gasteiger partial charge in [0.1, 0.15) is 11.2 Å². The van der Waals surface area contributed by atoms with Gasteiger partial charge in [0.15, 0.2) is 16.1 Å². The lowest BCUT2D eigenvalue weighted by molar-refractivity contribution is 0.669. The van der Waals surface area contributed by atoms with Crippen molar-refractivity contribution in [3.05, 3.63) is 328 Å². The molecule has 16 rings (SSSR count). The molecule has 0 saturated heterocycles. The molecule has 13 aromatic carbocycles. The van der Waals surface area contributed by atoms with E-state index in [4.69, 9.17) is 4.42 Å². The molecule has 0 radical (unpaired) electrons. The molecule has 0 N–H and O–H groups in total. The van der Waals surface area contributed by atoms with E-state index in [-0.39, 0.29) is 0 Å². The van der Waals surface area contributed by atoms with E-state index in [1.165, 1.54) is 85.2 Å². The number of rotatable bonds is 11. The smallest absolute Gasteiger partial charge is 0.180 e. The Morgan fingerprint density at radius 3 is 1.31 bits per heavy atom. The first-order valence-electron chi connectivity index (χ1n) is 28.7. The lowest BCUT2D eigenvalue weighted by Gasteiger charge is -2.35. The molecule has 3 aromatic heterocycles. The number of hydrogen-bond acceptors (Lipinski definition) is 1. The van der Waals surface area contributed by atoms with E-state index in [1.807, 2.05) is 0 Å². The normalized spacial score (nSPS) is 12.1. The summed E-state index contributed by atoms with van der Waals surface area (Å²) in [6.07, 6.45) is 0. The average molecular weight is 1090 g/mol. The maximum absolute atomic E-state index is 6.48. The molecule has 3 nitrogen and oxygen atoms in total. The van der Waals surface area contributed by atoms with E-state index in [0.29, 0.717) is 0 Å². The summed E-state index contributed by atoms with van der Waals surface area (Å²) in [6.45, 7) is 0. The molecular weight excluding hydrogens is 1040 g/mol. The SMILES string of the molecule is c1ccc(-c2cccc3c2c2cc(-n4c5ccccc5c5c([Si](c6ccccc6)(c6ccccc6)c6ccccc6)cccc54)ccc2n3-c2cccc([Si](c3ccccc3)(c3ccccc3)c3ccc4oc5ccccc5c4c3)c2)cc1. The lowest BCUT2D eigenvalue weighted by atomic mass is 9.99. The van der Waals surface area contributed by atoms with Crippen molar-refractivity contribution in [1.29, 1.82) is 0 Å². The summed E-state index contributed by atoms with van der Waals surface area (Å²) in [7, 11) is -6.01. The molecule has 0 saturated carbocycles. The van der Waals surface area contributed by atoms with E-state index >= 15 is 0 Å². The summed E-state index contributed by atoms with van der Waals surface area (Å²) in [5.74, 6) is 0. The standard InChI is InChI=1S/C78H54N2OSi2/c1-7-26-55(27-8-1)65-42-24-44-72-77(65)69-53-57(80-70-43-21-19-41-67(70)78-73(80)45-25-47-76(78)83(60-33-13-4-14-34-60,61-35-15-5-16-36-61)62-37-17-6-18-38-62)48-50-71(69)79(72)56-28-23-39-63(52-56)82(58-29-9-2-10-30-58,59-31-11-3-12-32-59)64-49-51-75-68(54-64)66-40-20-22-46-74(66)81-75/h1-54H.